The average molecular weight is 416 g/mol. The fourth-order valence-electron chi connectivity index (χ4n) is 3.38. The van der Waals surface area contributed by atoms with Crippen LogP contribution in [-0.2, 0) is 10.3 Å². The Labute approximate surface area is 170 Å². The van der Waals surface area contributed by atoms with Gasteiger partial charge in [-0.3, -0.25) is 4.98 Å². The second-order valence-corrected chi connectivity index (χ2v) is 6.94. The molecule has 0 amide bonds. The van der Waals surface area contributed by atoms with E-state index in [4.69, 9.17) is 26.8 Å². The van der Waals surface area contributed by atoms with E-state index in [-0.39, 0.29) is 18.2 Å². The number of aliphatic imine (C=N–C) groups is 1. The van der Waals surface area contributed by atoms with Gasteiger partial charge < -0.3 is 15.2 Å². The predicted octanol–water partition coefficient (Wildman–Crippen LogP) is 4.28. The van der Waals surface area contributed by atoms with Gasteiger partial charge in [0, 0.05) is 17.3 Å². The summed E-state index contributed by atoms with van der Waals surface area (Å²) in [6.45, 7) is 0.105. The number of methoxy groups -OCH3 is 1. The fourth-order valence-corrected chi connectivity index (χ4v) is 3.64. The molecule has 5 nitrogen and oxygen atoms in total. The Kier molecular flexibility index (Phi) is 4.84. The maximum atomic E-state index is 14.6. The van der Waals surface area contributed by atoms with Crippen molar-refractivity contribution in [2.75, 3.05) is 13.7 Å². The Morgan fingerprint density at radius 1 is 1.10 bits per heavy atom. The Bertz CT molecular complexity index is 1120. The van der Waals surface area contributed by atoms with E-state index in [9.17, 15) is 8.78 Å². The van der Waals surface area contributed by atoms with Crippen molar-refractivity contribution in [3.8, 4) is 16.9 Å². The number of halogens is 3. The van der Waals surface area contributed by atoms with Crippen molar-refractivity contribution < 1.29 is 18.3 Å². The van der Waals surface area contributed by atoms with Gasteiger partial charge in [-0.15, -0.1) is 0 Å². The van der Waals surface area contributed by atoms with Gasteiger partial charge in [0.2, 0.25) is 0 Å². The molecule has 1 atom stereocenters. The van der Waals surface area contributed by atoms with Gasteiger partial charge in [0.25, 0.3) is 6.02 Å². The van der Waals surface area contributed by atoms with E-state index in [1.54, 1.807) is 30.3 Å². The quantitative estimate of drug-likeness (QED) is 0.690. The Hall–Kier alpha value is -3.19. The number of benzene rings is 2. The SMILES string of the molecule is COc1ccc(C2(c3ccc(F)c(-c4cncc(F)c4)c3)COC(N)=N2)cc1Cl. The van der Waals surface area contributed by atoms with Crippen LogP contribution in [0.5, 0.6) is 5.75 Å². The van der Waals surface area contributed by atoms with Crippen molar-refractivity contribution in [2.45, 2.75) is 5.54 Å². The van der Waals surface area contributed by atoms with Crippen LogP contribution in [0.3, 0.4) is 0 Å². The number of nitrogens with two attached hydrogens (primary N) is 1. The first-order valence-electron chi connectivity index (χ1n) is 8.66. The molecule has 0 aliphatic carbocycles. The van der Waals surface area contributed by atoms with E-state index >= 15 is 0 Å². The van der Waals surface area contributed by atoms with E-state index in [1.165, 1.54) is 25.4 Å². The van der Waals surface area contributed by atoms with E-state index in [0.717, 1.165) is 6.20 Å². The largest absolute Gasteiger partial charge is 0.495 e. The number of aromatic nitrogens is 1. The summed E-state index contributed by atoms with van der Waals surface area (Å²) >= 11 is 6.31. The lowest BCUT2D eigenvalue weighted by molar-refractivity contribution is 0.278. The minimum absolute atomic E-state index is 0.00948. The summed E-state index contributed by atoms with van der Waals surface area (Å²) in [5.41, 5.74) is 6.58. The van der Waals surface area contributed by atoms with Gasteiger partial charge >= 0.3 is 0 Å². The first-order chi connectivity index (χ1) is 13.9. The highest BCUT2D eigenvalue weighted by atomic mass is 35.5. The molecule has 0 saturated carbocycles. The summed E-state index contributed by atoms with van der Waals surface area (Å²) in [5, 5.41) is 0.390. The van der Waals surface area contributed by atoms with Crippen molar-refractivity contribution >= 4 is 17.6 Å². The molecule has 8 heteroatoms. The number of pyridine rings is 1. The van der Waals surface area contributed by atoms with Gasteiger partial charge in [0.05, 0.1) is 18.3 Å². The molecule has 0 spiro atoms. The summed E-state index contributed by atoms with van der Waals surface area (Å²) in [5.74, 6) is -0.567. The predicted molar refractivity (Wildman–Crippen MR) is 106 cm³/mol. The van der Waals surface area contributed by atoms with Gasteiger partial charge in [-0.1, -0.05) is 23.7 Å². The number of rotatable bonds is 4. The molecule has 4 rings (SSSR count). The van der Waals surface area contributed by atoms with Crippen LogP contribution in [0.4, 0.5) is 8.78 Å². The summed E-state index contributed by atoms with van der Waals surface area (Å²) in [6, 6.07) is 10.9. The first kappa shape index (κ1) is 19.1. The zero-order chi connectivity index (χ0) is 20.6. The van der Waals surface area contributed by atoms with Crippen molar-refractivity contribution in [1.82, 2.24) is 4.98 Å². The number of hydrogen-bond acceptors (Lipinski definition) is 5. The summed E-state index contributed by atoms with van der Waals surface area (Å²) < 4.78 is 38.9. The standard InChI is InChI=1S/C21H16ClF2N3O2/c1-28-19-5-3-14(8-17(19)22)21(11-29-20(25)27-21)13-2-4-18(24)16(7-13)12-6-15(23)10-26-9-12/h2-10H,11H2,1H3,(H2,25,27). The number of ether oxygens (including phenoxy) is 2. The van der Waals surface area contributed by atoms with Crippen LogP contribution >= 0.6 is 11.6 Å². The molecule has 0 radical (unpaired) electrons. The van der Waals surface area contributed by atoms with Gasteiger partial charge in [0.1, 0.15) is 24.0 Å². The average Bonchev–Trinajstić information content (AvgIpc) is 3.11. The third-order valence-corrected chi connectivity index (χ3v) is 5.11. The molecule has 1 aliphatic heterocycles. The summed E-state index contributed by atoms with van der Waals surface area (Å²) in [4.78, 5) is 8.30. The minimum Gasteiger partial charge on any atom is -0.495 e. The van der Waals surface area contributed by atoms with Gasteiger partial charge in [-0.05, 0) is 41.5 Å². The van der Waals surface area contributed by atoms with Gasteiger partial charge in [-0.25, -0.2) is 13.8 Å². The Balaban J connectivity index is 1.90. The molecular formula is C21H16ClF2N3O2. The van der Waals surface area contributed by atoms with Crippen molar-refractivity contribution in [2.24, 2.45) is 10.7 Å². The van der Waals surface area contributed by atoms with Gasteiger partial charge in [-0.2, -0.15) is 0 Å². The maximum absolute atomic E-state index is 14.6. The Morgan fingerprint density at radius 3 is 2.52 bits per heavy atom. The topological polar surface area (TPSA) is 69.7 Å². The molecule has 0 saturated heterocycles. The summed E-state index contributed by atoms with van der Waals surface area (Å²) in [7, 11) is 1.52. The summed E-state index contributed by atoms with van der Waals surface area (Å²) in [6.07, 6.45) is 2.45. The highest BCUT2D eigenvalue weighted by Gasteiger charge is 2.41. The molecule has 1 unspecified atom stereocenters. The molecule has 1 aromatic heterocycles. The molecule has 0 bridgehead atoms. The normalized spacial score (nSPS) is 18.3. The Morgan fingerprint density at radius 2 is 1.86 bits per heavy atom. The third-order valence-electron chi connectivity index (χ3n) is 4.82. The molecule has 2 N–H and O–H groups in total. The second-order valence-electron chi connectivity index (χ2n) is 6.53. The van der Waals surface area contributed by atoms with Crippen LogP contribution in [0, 0.1) is 11.6 Å². The zero-order valence-electron chi connectivity index (χ0n) is 15.3. The van der Waals surface area contributed by atoms with Crippen LogP contribution < -0.4 is 10.5 Å². The molecule has 0 fully saturated rings. The third kappa shape index (κ3) is 3.38. The lowest BCUT2D eigenvalue weighted by Gasteiger charge is -2.26. The highest BCUT2D eigenvalue weighted by Crippen LogP contribution is 2.41. The molecule has 2 aromatic carbocycles. The number of hydrogen-bond donors (Lipinski definition) is 1. The van der Waals surface area contributed by atoms with E-state index in [2.05, 4.69) is 9.98 Å². The molecule has 148 valence electrons. The molecule has 29 heavy (non-hydrogen) atoms. The molecule has 3 aromatic rings. The van der Waals surface area contributed by atoms with Crippen molar-refractivity contribution in [3.63, 3.8) is 0 Å². The fraction of sp³-hybridized carbons (Fsp3) is 0.143. The lowest BCUT2D eigenvalue weighted by atomic mass is 9.83. The lowest BCUT2D eigenvalue weighted by Crippen LogP contribution is -2.27. The van der Waals surface area contributed by atoms with E-state index in [0.29, 0.717) is 27.5 Å². The maximum Gasteiger partial charge on any atom is 0.283 e. The highest BCUT2D eigenvalue weighted by molar-refractivity contribution is 6.32. The van der Waals surface area contributed by atoms with Crippen molar-refractivity contribution in [3.05, 3.63) is 82.6 Å². The van der Waals surface area contributed by atoms with E-state index < -0.39 is 17.2 Å². The van der Waals surface area contributed by atoms with Crippen LogP contribution in [0.25, 0.3) is 11.1 Å². The number of amidine groups is 1. The zero-order valence-corrected chi connectivity index (χ0v) is 16.1. The van der Waals surface area contributed by atoms with Crippen LogP contribution in [0.2, 0.25) is 5.02 Å². The molecular weight excluding hydrogens is 400 g/mol. The monoisotopic (exact) mass is 415 g/mol. The van der Waals surface area contributed by atoms with Crippen LogP contribution in [0.15, 0.2) is 59.9 Å². The first-order valence-corrected chi connectivity index (χ1v) is 9.04. The minimum atomic E-state index is -1.04. The van der Waals surface area contributed by atoms with Crippen LogP contribution in [-0.4, -0.2) is 24.7 Å². The number of nitrogens with zero attached hydrogens (tertiary/aromatic N) is 2. The smallest absolute Gasteiger partial charge is 0.283 e. The van der Waals surface area contributed by atoms with Gasteiger partial charge in [0.15, 0.2) is 5.54 Å². The van der Waals surface area contributed by atoms with Crippen molar-refractivity contribution in [1.29, 1.82) is 0 Å². The molecule has 1 aliphatic rings. The second kappa shape index (κ2) is 7.33. The van der Waals surface area contributed by atoms with E-state index in [1.807, 2.05) is 0 Å². The van der Waals surface area contributed by atoms with Crippen LogP contribution in [0.1, 0.15) is 11.1 Å². The molecule has 2 heterocycles.